The molecule has 19 heavy (non-hydrogen) atoms. The van der Waals surface area contributed by atoms with Gasteiger partial charge in [-0.3, -0.25) is 0 Å². The van der Waals surface area contributed by atoms with Crippen LogP contribution in [-0.4, -0.2) is 30.6 Å². The minimum absolute atomic E-state index is 0.0945. The molecule has 1 atom stereocenters. The lowest BCUT2D eigenvalue weighted by Crippen LogP contribution is -2.43. The van der Waals surface area contributed by atoms with E-state index >= 15 is 0 Å². The summed E-state index contributed by atoms with van der Waals surface area (Å²) in [5.41, 5.74) is 0. The molecule has 3 nitrogen and oxygen atoms in total. The van der Waals surface area contributed by atoms with E-state index in [9.17, 15) is 8.42 Å². The SMILES string of the molecule is O=S(=O)(c1cccc(Cl)c1)N1CCCCC1CCBr. The van der Waals surface area contributed by atoms with Crippen LogP contribution in [0.2, 0.25) is 5.02 Å². The zero-order valence-corrected chi connectivity index (χ0v) is 13.7. The molecular formula is C13H17BrClNO2S. The lowest BCUT2D eigenvalue weighted by Gasteiger charge is -2.34. The van der Waals surface area contributed by atoms with Crippen LogP contribution < -0.4 is 0 Å². The summed E-state index contributed by atoms with van der Waals surface area (Å²) >= 11 is 9.30. The number of alkyl halides is 1. The Bertz CT molecular complexity index is 533. The van der Waals surface area contributed by atoms with Gasteiger partial charge in [0.25, 0.3) is 0 Å². The Balaban J connectivity index is 2.31. The largest absolute Gasteiger partial charge is 0.243 e. The monoisotopic (exact) mass is 365 g/mol. The maximum atomic E-state index is 12.7. The van der Waals surface area contributed by atoms with Gasteiger partial charge in [0.2, 0.25) is 10.0 Å². The summed E-state index contributed by atoms with van der Waals surface area (Å²) < 4.78 is 27.0. The zero-order valence-electron chi connectivity index (χ0n) is 10.6. The van der Waals surface area contributed by atoms with Crippen molar-refractivity contribution in [2.45, 2.75) is 36.6 Å². The molecule has 0 N–H and O–H groups in total. The van der Waals surface area contributed by atoms with Crippen LogP contribution in [0.15, 0.2) is 29.2 Å². The summed E-state index contributed by atoms with van der Waals surface area (Å²) in [6.07, 6.45) is 3.81. The average Bonchev–Trinajstić information content (AvgIpc) is 2.39. The van der Waals surface area contributed by atoms with Gasteiger partial charge in [-0.05, 0) is 37.5 Å². The summed E-state index contributed by atoms with van der Waals surface area (Å²) in [4.78, 5) is 0.293. The van der Waals surface area contributed by atoms with Gasteiger partial charge < -0.3 is 0 Å². The number of halogens is 2. The minimum atomic E-state index is -3.43. The van der Waals surface area contributed by atoms with Crippen LogP contribution in [0, 0.1) is 0 Å². The van der Waals surface area contributed by atoms with Crippen molar-refractivity contribution in [3.05, 3.63) is 29.3 Å². The van der Waals surface area contributed by atoms with Crippen LogP contribution in [0.25, 0.3) is 0 Å². The van der Waals surface area contributed by atoms with Crippen molar-refractivity contribution in [2.75, 3.05) is 11.9 Å². The summed E-state index contributed by atoms with van der Waals surface area (Å²) in [5.74, 6) is 0. The third-order valence-corrected chi connectivity index (χ3v) is 6.06. The van der Waals surface area contributed by atoms with Gasteiger partial charge >= 0.3 is 0 Å². The van der Waals surface area contributed by atoms with Gasteiger partial charge in [0.05, 0.1) is 4.90 Å². The van der Waals surface area contributed by atoms with Crippen LogP contribution in [0.4, 0.5) is 0 Å². The topological polar surface area (TPSA) is 37.4 Å². The lowest BCUT2D eigenvalue weighted by molar-refractivity contribution is 0.248. The van der Waals surface area contributed by atoms with E-state index in [0.29, 0.717) is 16.5 Å². The van der Waals surface area contributed by atoms with E-state index in [0.717, 1.165) is 31.0 Å². The highest BCUT2D eigenvalue weighted by atomic mass is 79.9. The predicted octanol–water partition coefficient (Wildman–Crippen LogP) is 3.67. The molecule has 2 rings (SSSR count). The Kier molecular flexibility index (Phi) is 5.29. The fourth-order valence-electron chi connectivity index (χ4n) is 2.47. The molecule has 0 saturated carbocycles. The molecular weight excluding hydrogens is 350 g/mol. The summed E-state index contributed by atoms with van der Waals surface area (Å²) in [6.45, 7) is 0.604. The van der Waals surface area contributed by atoms with Gasteiger partial charge in [-0.15, -0.1) is 0 Å². The van der Waals surface area contributed by atoms with E-state index in [-0.39, 0.29) is 6.04 Å². The van der Waals surface area contributed by atoms with E-state index < -0.39 is 10.0 Å². The van der Waals surface area contributed by atoms with Gasteiger partial charge in [0.15, 0.2) is 0 Å². The summed E-state index contributed by atoms with van der Waals surface area (Å²) in [5, 5.41) is 1.27. The molecule has 1 heterocycles. The molecule has 0 bridgehead atoms. The van der Waals surface area contributed by atoms with Crippen molar-refractivity contribution in [3.8, 4) is 0 Å². The smallest absolute Gasteiger partial charge is 0.207 e. The van der Waals surface area contributed by atoms with Gasteiger partial charge in [0.1, 0.15) is 0 Å². The number of hydrogen-bond donors (Lipinski definition) is 0. The number of sulfonamides is 1. The van der Waals surface area contributed by atoms with E-state index in [1.54, 1.807) is 22.5 Å². The van der Waals surface area contributed by atoms with E-state index in [1.807, 2.05) is 0 Å². The Labute approximate surface area is 128 Å². The van der Waals surface area contributed by atoms with Crippen molar-refractivity contribution in [1.29, 1.82) is 0 Å². The third-order valence-electron chi connectivity index (χ3n) is 3.42. The third kappa shape index (κ3) is 3.51. The summed E-state index contributed by atoms with van der Waals surface area (Å²) in [7, 11) is -3.43. The highest BCUT2D eigenvalue weighted by Crippen LogP contribution is 2.28. The number of rotatable bonds is 4. The first-order chi connectivity index (χ1) is 9.05. The molecule has 1 aliphatic rings. The fourth-order valence-corrected chi connectivity index (χ4v) is 5.02. The number of hydrogen-bond acceptors (Lipinski definition) is 2. The molecule has 1 aliphatic heterocycles. The molecule has 0 aliphatic carbocycles. The number of benzene rings is 1. The van der Waals surface area contributed by atoms with Crippen LogP contribution in [0.5, 0.6) is 0 Å². The van der Waals surface area contributed by atoms with Gasteiger partial charge in [0, 0.05) is 22.9 Å². The minimum Gasteiger partial charge on any atom is -0.207 e. The molecule has 1 fully saturated rings. The standard InChI is InChI=1S/C13H17BrClNO2S/c14-8-7-12-5-1-2-9-16(12)19(17,18)13-6-3-4-11(15)10-13/h3-4,6,10,12H,1-2,5,7-9H2. The zero-order chi connectivity index (χ0) is 13.9. The number of piperidine rings is 1. The first-order valence-electron chi connectivity index (χ1n) is 6.39. The van der Waals surface area contributed by atoms with E-state index in [1.165, 1.54) is 6.07 Å². The van der Waals surface area contributed by atoms with Crippen molar-refractivity contribution in [2.24, 2.45) is 0 Å². The average molecular weight is 367 g/mol. The van der Waals surface area contributed by atoms with Crippen LogP contribution >= 0.6 is 27.5 Å². The first-order valence-corrected chi connectivity index (χ1v) is 9.33. The molecule has 1 saturated heterocycles. The van der Waals surface area contributed by atoms with Gasteiger partial charge in [-0.1, -0.05) is 40.0 Å². The van der Waals surface area contributed by atoms with Gasteiger partial charge in [-0.2, -0.15) is 4.31 Å². The van der Waals surface area contributed by atoms with Crippen molar-refractivity contribution in [3.63, 3.8) is 0 Å². The van der Waals surface area contributed by atoms with Crippen LogP contribution in [-0.2, 0) is 10.0 Å². The molecule has 0 aromatic heterocycles. The maximum absolute atomic E-state index is 12.7. The van der Waals surface area contributed by atoms with Gasteiger partial charge in [-0.25, -0.2) is 8.42 Å². The fraction of sp³-hybridized carbons (Fsp3) is 0.538. The highest BCUT2D eigenvalue weighted by molar-refractivity contribution is 9.09. The Morgan fingerprint density at radius 3 is 2.84 bits per heavy atom. The second-order valence-electron chi connectivity index (χ2n) is 4.70. The molecule has 1 aromatic carbocycles. The second-order valence-corrected chi connectivity index (χ2v) is 7.82. The van der Waals surface area contributed by atoms with E-state index in [2.05, 4.69) is 15.9 Å². The molecule has 106 valence electrons. The van der Waals surface area contributed by atoms with Crippen molar-refractivity contribution < 1.29 is 8.42 Å². The van der Waals surface area contributed by atoms with E-state index in [4.69, 9.17) is 11.6 Å². The van der Waals surface area contributed by atoms with Crippen molar-refractivity contribution >= 4 is 37.6 Å². The normalized spacial score (nSPS) is 21.5. The molecule has 0 spiro atoms. The lowest BCUT2D eigenvalue weighted by atomic mass is 10.0. The van der Waals surface area contributed by atoms with Crippen molar-refractivity contribution in [1.82, 2.24) is 4.31 Å². The predicted molar refractivity (Wildman–Crippen MR) is 81.4 cm³/mol. The molecule has 0 amide bonds. The highest BCUT2D eigenvalue weighted by Gasteiger charge is 2.32. The summed E-state index contributed by atoms with van der Waals surface area (Å²) in [6, 6.07) is 6.60. The first kappa shape index (κ1) is 15.3. The van der Waals surface area contributed by atoms with Crippen LogP contribution in [0.1, 0.15) is 25.7 Å². The maximum Gasteiger partial charge on any atom is 0.243 e. The number of nitrogens with zero attached hydrogens (tertiary/aromatic N) is 1. The molecule has 1 aromatic rings. The molecule has 1 unspecified atom stereocenters. The molecule has 0 radical (unpaired) electrons. The second kappa shape index (κ2) is 6.57. The quantitative estimate of drug-likeness (QED) is 0.763. The van der Waals surface area contributed by atoms with Crippen LogP contribution in [0.3, 0.4) is 0 Å². The molecule has 6 heteroatoms. The Hall–Kier alpha value is -0.100. The Morgan fingerprint density at radius 1 is 1.37 bits per heavy atom. The Morgan fingerprint density at radius 2 is 2.16 bits per heavy atom.